The molecule has 0 atom stereocenters. The van der Waals surface area contributed by atoms with Crippen LogP contribution in [0.2, 0.25) is 0 Å². The molecule has 19 heavy (non-hydrogen) atoms. The Morgan fingerprint density at radius 3 is 2.58 bits per heavy atom. The second-order valence-electron chi connectivity index (χ2n) is 3.86. The van der Waals surface area contributed by atoms with E-state index in [0.29, 0.717) is 16.9 Å². The van der Waals surface area contributed by atoms with Gasteiger partial charge in [0.2, 0.25) is 0 Å². The maximum Gasteiger partial charge on any atom is 0.200 e. The number of nitriles is 1. The molecule has 94 valence electrons. The van der Waals surface area contributed by atoms with Gasteiger partial charge in [0.25, 0.3) is 0 Å². The lowest BCUT2D eigenvalue weighted by molar-refractivity contribution is 0.0921. The Bertz CT molecular complexity index is 629. The van der Waals surface area contributed by atoms with Crippen molar-refractivity contribution in [3.05, 3.63) is 64.1 Å². The number of Topliss-reactive ketones (excluding diaryl/α,β-unsaturated/α-hetero) is 1. The van der Waals surface area contributed by atoms with E-state index in [1.54, 1.807) is 36.4 Å². The van der Waals surface area contributed by atoms with E-state index in [1.165, 1.54) is 0 Å². The molecule has 0 fully saturated rings. The Morgan fingerprint density at radius 1 is 1.21 bits per heavy atom. The average molecular weight is 316 g/mol. The van der Waals surface area contributed by atoms with Crippen LogP contribution in [0.1, 0.15) is 15.9 Å². The second-order valence-corrected chi connectivity index (χ2v) is 4.77. The summed E-state index contributed by atoms with van der Waals surface area (Å²) in [4.78, 5) is 11.9. The number of nitrogens with zero attached hydrogens (tertiary/aromatic N) is 1. The van der Waals surface area contributed by atoms with Gasteiger partial charge in [0.05, 0.1) is 11.6 Å². The molecule has 0 aliphatic carbocycles. The molecule has 0 radical (unpaired) electrons. The SMILES string of the molecule is N#Cc1ccc(C(=O)COc2cccc(Br)c2)cc1. The summed E-state index contributed by atoms with van der Waals surface area (Å²) in [5.74, 6) is 0.515. The maximum absolute atomic E-state index is 11.9. The van der Waals surface area contributed by atoms with Gasteiger partial charge in [-0.2, -0.15) is 5.26 Å². The number of halogens is 1. The fourth-order valence-corrected chi connectivity index (χ4v) is 1.90. The molecule has 0 amide bonds. The smallest absolute Gasteiger partial charge is 0.200 e. The number of carbonyl (C=O) groups excluding carboxylic acids is 1. The first-order chi connectivity index (χ1) is 9.19. The van der Waals surface area contributed by atoms with Crippen LogP contribution in [0.25, 0.3) is 0 Å². The highest BCUT2D eigenvalue weighted by Crippen LogP contribution is 2.18. The summed E-state index contributed by atoms with van der Waals surface area (Å²) in [5.41, 5.74) is 1.07. The third-order valence-corrected chi connectivity index (χ3v) is 3.00. The normalized spacial score (nSPS) is 9.68. The van der Waals surface area contributed by atoms with Gasteiger partial charge in [-0.15, -0.1) is 0 Å². The van der Waals surface area contributed by atoms with Crippen LogP contribution < -0.4 is 4.74 Å². The molecule has 0 bridgehead atoms. The van der Waals surface area contributed by atoms with Crippen LogP contribution in [0.5, 0.6) is 5.75 Å². The Balaban J connectivity index is 1.99. The number of benzene rings is 2. The average Bonchev–Trinajstić information content (AvgIpc) is 2.45. The number of hydrogen-bond donors (Lipinski definition) is 0. The highest BCUT2D eigenvalue weighted by molar-refractivity contribution is 9.10. The van der Waals surface area contributed by atoms with Crippen LogP contribution >= 0.6 is 15.9 Å². The van der Waals surface area contributed by atoms with Crippen molar-refractivity contribution in [1.82, 2.24) is 0 Å². The maximum atomic E-state index is 11.9. The minimum absolute atomic E-state index is 0.0254. The monoisotopic (exact) mass is 315 g/mol. The van der Waals surface area contributed by atoms with Gasteiger partial charge < -0.3 is 4.74 Å². The topological polar surface area (TPSA) is 50.1 Å². The predicted molar refractivity (Wildman–Crippen MR) is 75.1 cm³/mol. The molecule has 0 spiro atoms. The Kier molecular flexibility index (Phi) is 4.32. The number of carbonyl (C=O) groups is 1. The fourth-order valence-electron chi connectivity index (χ4n) is 1.52. The molecule has 0 N–H and O–H groups in total. The van der Waals surface area contributed by atoms with Crippen molar-refractivity contribution in [2.45, 2.75) is 0 Å². The quantitative estimate of drug-likeness (QED) is 0.810. The van der Waals surface area contributed by atoms with Crippen molar-refractivity contribution in [2.75, 3.05) is 6.61 Å². The van der Waals surface area contributed by atoms with Crippen LogP contribution in [-0.4, -0.2) is 12.4 Å². The molecule has 4 heteroatoms. The largest absolute Gasteiger partial charge is 0.485 e. The summed E-state index contributed by atoms with van der Waals surface area (Å²) in [6.45, 7) is -0.0254. The molecule has 2 aromatic carbocycles. The fraction of sp³-hybridized carbons (Fsp3) is 0.0667. The molecule has 0 heterocycles. The molecule has 3 nitrogen and oxygen atoms in total. The van der Waals surface area contributed by atoms with Crippen molar-refractivity contribution < 1.29 is 9.53 Å². The zero-order chi connectivity index (χ0) is 13.7. The van der Waals surface area contributed by atoms with Crippen LogP contribution in [-0.2, 0) is 0 Å². The van der Waals surface area contributed by atoms with Crippen LogP contribution in [0.4, 0.5) is 0 Å². The minimum atomic E-state index is -0.121. The van der Waals surface area contributed by atoms with Crippen LogP contribution in [0.15, 0.2) is 53.0 Å². The highest BCUT2D eigenvalue weighted by Gasteiger charge is 2.07. The third-order valence-electron chi connectivity index (χ3n) is 2.50. The van der Waals surface area contributed by atoms with Crippen molar-refractivity contribution >= 4 is 21.7 Å². The lowest BCUT2D eigenvalue weighted by Crippen LogP contribution is -2.11. The van der Waals surface area contributed by atoms with E-state index in [-0.39, 0.29) is 12.4 Å². The summed E-state index contributed by atoms with van der Waals surface area (Å²) in [7, 11) is 0. The summed E-state index contributed by atoms with van der Waals surface area (Å²) >= 11 is 3.33. The molecule has 0 aromatic heterocycles. The van der Waals surface area contributed by atoms with E-state index in [9.17, 15) is 4.79 Å². The van der Waals surface area contributed by atoms with Gasteiger partial charge in [-0.3, -0.25) is 4.79 Å². The van der Waals surface area contributed by atoms with Crippen LogP contribution in [0.3, 0.4) is 0 Å². The number of rotatable bonds is 4. The summed E-state index contributed by atoms with van der Waals surface area (Å²) in [6.07, 6.45) is 0. The van der Waals surface area contributed by atoms with Gasteiger partial charge in [0.15, 0.2) is 12.4 Å². The van der Waals surface area contributed by atoms with Gasteiger partial charge in [-0.05, 0) is 42.5 Å². The first-order valence-corrected chi connectivity index (χ1v) is 6.40. The summed E-state index contributed by atoms with van der Waals surface area (Å²) in [6, 6.07) is 15.8. The first kappa shape index (κ1) is 13.3. The van der Waals surface area contributed by atoms with Gasteiger partial charge in [0, 0.05) is 10.0 Å². The van der Waals surface area contributed by atoms with Crippen molar-refractivity contribution in [2.24, 2.45) is 0 Å². The first-order valence-electron chi connectivity index (χ1n) is 5.61. The molecular formula is C15H10BrNO2. The van der Waals surface area contributed by atoms with E-state index in [2.05, 4.69) is 15.9 Å². The lowest BCUT2D eigenvalue weighted by atomic mass is 10.1. The van der Waals surface area contributed by atoms with Crippen LogP contribution in [0, 0.1) is 11.3 Å². The zero-order valence-electron chi connectivity index (χ0n) is 9.97. The highest BCUT2D eigenvalue weighted by atomic mass is 79.9. The van der Waals surface area contributed by atoms with Gasteiger partial charge in [-0.1, -0.05) is 22.0 Å². The zero-order valence-corrected chi connectivity index (χ0v) is 11.6. The van der Waals surface area contributed by atoms with E-state index >= 15 is 0 Å². The molecule has 0 aliphatic rings. The molecule has 2 rings (SSSR count). The molecule has 0 unspecified atom stereocenters. The van der Waals surface area contributed by atoms with Crippen molar-refractivity contribution in [3.63, 3.8) is 0 Å². The van der Waals surface area contributed by atoms with E-state index in [4.69, 9.17) is 10.00 Å². The molecule has 0 saturated heterocycles. The number of hydrogen-bond acceptors (Lipinski definition) is 3. The lowest BCUT2D eigenvalue weighted by Gasteiger charge is -2.05. The summed E-state index contributed by atoms with van der Waals surface area (Å²) in [5, 5.41) is 8.68. The van der Waals surface area contributed by atoms with E-state index < -0.39 is 0 Å². The van der Waals surface area contributed by atoms with Gasteiger partial charge in [-0.25, -0.2) is 0 Å². The van der Waals surface area contributed by atoms with Crippen molar-refractivity contribution in [3.8, 4) is 11.8 Å². The molecule has 2 aromatic rings. The Labute approximate surface area is 119 Å². The third kappa shape index (κ3) is 3.67. The second kappa shape index (κ2) is 6.17. The van der Waals surface area contributed by atoms with Crippen molar-refractivity contribution in [1.29, 1.82) is 5.26 Å². The molecular weight excluding hydrogens is 306 g/mol. The minimum Gasteiger partial charge on any atom is -0.485 e. The Hall–Kier alpha value is -2.12. The van der Waals surface area contributed by atoms with E-state index in [0.717, 1.165) is 4.47 Å². The van der Waals surface area contributed by atoms with Gasteiger partial charge >= 0.3 is 0 Å². The number of ether oxygens (including phenoxy) is 1. The Morgan fingerprint density at radius 2 is 1.95 bits per heavy atom. The predicted octanol–water partition coefficient (Wildman–Crippen LogP) is 3.58. The van der Waals surface area contributed by atoms with E-state index in [1.807, 2.05) is 18.2 Å². The standard InChI is InChI=1S/C15H10BrNO2/c16-13-2-1-3-14(8-13)19-10-15(18)12-6-4-11(9-17)5-7-12/h1-8H,10H2. The molecule has 0 saturated carbocycles. The number of ketones is 1. The summed E-state index contributed by atoms with van der Waals surface area (Å²) < 4.78 is 6.31. The van der Waals surface area contributed by atoms with Gasteiger partial charge in [0.1, 0.15) is 5.75 Å². The molecule has 0 aliphatic heterocycles.